The smallest absolute Gasteiger partial charge is 0.258 e. The third kappa shape index (κ3) is 2.67. The first-order valence-electron chi connectivity index (χ1n) is 6.74. The second kappa shape index (κ2) is 6.04. The summed E-state index contributed by atoms with van der Waals surface area (Å²) in [6.45, 7) is 7.03. The van der Waals surface area contributed by atoms with Crippen molar-refractivity contribution in [3.63, 3.8) is 0 Å². The summed E-state index contributed by atoms with van der Waals surface area (Å²) in [5.74, 6) is -0.354. The van der Waals surface area contributed by atoms with Crippen LogP contribution in [0.15, 0.2) is 0 Å². The Balaban J connectivity index is 2.24. The summed E-state index contributed by atoms with van der Waals surface area (Å²) in [4.78, 5) is 26.3. The number of carbonyl (C=O) groups is 2. The number of aryl methyl sites for hydroxylation is 2. The van der Waals surface area contributed by atoms with Gasteiger partial charge in [0, 0.05) is 18.8 Å². The molecule has 0 aliphatic carbocycles. The summed E-state index contributed by atoms with van der Waals surface area (Å²) in [5.41, 5.74) is 1.91. The predicted octanol–water partition coefficient (Wildman–Crippen LogP) is 0.00364. The zero-order valence-corrected chi connectivity index (χ0v) is 12.0. The molecule has 0 saturated carbocycles. The molecule has 1 fully saturated rings. The first-order chi connectivity index (χ1) is 9.56. The van der Waals surface area contributed by atoms with Crippen molar-refractivity contribution >= 4 is 11.8 Å². The highest BCUT2D eigenvalue weighted by Crippen LogP contribution is 2.17. The van der Waals surface area contributed by atoms with Crippen LogP contribution in [0.5, 0.6) is 0 Å². The minimum Gasteiger partial charge on any atom is -0.377 e. The Hall–Kier alpha value is -1.89. The number of nitrogens with one attached hydrogen (secondary N) is 2. The van der Waals surface area contributed by atoms with Gasteiger partial charge in [-0.15, -0.1) is 0 Å². The molecule has 110 valence electrons. The predicted molar refractivity (Wildman–Crippen MR) is 72.4 cm³/mol. The van der Waals surface area contributed by atoms with Gasteiger partial charge in [0.1, 0.15) is 6.04 Å². The summed E-state index contributed by atoms with van der Waals surface area (Å²) >= 11 is 0. The first-order valence-corrected chi connectivity index (χ1v) is 6.74. The average Bonchev–Trinajstić information content (AvgIpc) is 2.78. The number of likely N-dealkylation sites (N-methyl/N-ethyl adjacent to an activating group) is 1. The number of aromatic amines is 1. The number of nitrogens with zero attached hydrogens (tertiary/aromatic N) is 2. The Morgan fingerprint density at radius 2 is 2.25 bits per heavy atom. The maximum absolute atomic E-state index is 12.7. The monoisotopic (exact) mass is 280 g/mol. The molecule has 2 heterocycles. The van der Waals surface area contributed by atoms with Gasteiger partial charge in [0.05, 0.1) is 24.5 Å². The third-order valence-corrected chi connectivity index (χ3v) is 3.38. The van der Waals surface area contributed by atoms with Gasteiger partial charge >= 0.3 is 0 Å². The van der Waals surface area contributed by atoms with E-state index in [4.69, 9.17) is 4.74 Å². The molecule has 2 N–H and O–H groups in total. The maximum atomic E-state index is 12.7. The van der Waals surface area contributed by atoms with Gasteiger partial charge < -0.3 is 15.0 Å². The molecule has 1 aliphatic heterocycles. The molecule has 1 atom stereocenters. The van der Waals surface area contributed by atoms with Gasteiger partial charge in [-0.25, -0.2) is 0 Å². The van der Waals surface area contributed by atoms with Crippen molar-refractivity contribution in [2.75, 3.05) is 26.3 Å². The Labute approximate surface area is 117 Å². The van der Waals surface area contributed by atoms with Crippen LogP contribution in [0.25, 0.3) is 0 Å². The fraction of sp³-hybridized carbons (Fsp3) is 0.615. The minimum atomic E-state index is -0.579. The largest absolute Gasteiger partial charge is 0.377 e. The average molecular weight is 280 g/mol. The SMILES string of the molecule is CCNC(=O)C1COCCN1C(=O)c1c(C)n[nH]c1C. The van der Waals surface area contributed by atoms with Crippen LogP contribution in [-0.4, -0.2) is 59.3 Å². The van der Waals surface area contributed by atoms with E-state index in [1.807, 2.05) is 6.92 Å². The number of aromatic nitrogens is 2. The number of ether oxygens (including phenoxy) is 1. The number of hydrogen-bond donors (Lipinski definition) is 2. The van der Waals surface area contributed by atoms with Crippen LogP contribution in [0.2, 0.25) is 0 Å². The Morgan fingerprint density at radius 3 is 2.85 bits per heavy atom. The molecule has 0 radical (unpaired) electrons. The molecule has 1 unspecified atom stereocenters. The van der Waals surface area contributed by atoms with E-state index in [1.165, 1.54) is 0 Å². The van der Waals surface area contributed by atoms with Crippen molar-refractivity contribution in [1.82, 2.24) is 20.4 Å². The summed E-state index contributed by atoms with van der Waals surface area (Å²) in [7, 11) is 0. The summed E-state index contributed by atoms with van der Waals surface area (Å²) in [6, 6.07) is -0.579. The number of carbonyl (C=O) groups excluding carboxylic acids is 2. The molecule has 2 amide bonds. The quantitative estimate of drug-likeness (QED) is 0.816. The molecule has 2 rings (SSSR count). The Morgan fingerprint density at radius 1 is 1.50 bits per heavy atom. The molecule has 1 saturated heterocycles. The van der Waals surface area contributed by atoms with Crippen molar-refractivity contribution in [3.8, 4) is 0 Å². The lowest BCUT2D eigenvalue weighted by molar-refractivity contribution is -0.130. The van der Waals surface area contributed by atoms with Crippen LogP contribution >= 0.6 is 0 Å². The molecule has 7 heteroatoms. The van der Waals surface area contributed by atoms with E-state index < -0.39 is 6.04 Å². The number of morpholine rings is 1. The first kappa shape index (κ1) is 14.5. The van der Waals surface area contributed by atoms with Gasteiger partial charge in [-0.05, 0) is 20.8 Å². The van der Waals surface area contributed by atoms with Gasteiger partial charge in [-0.2, -0.15) is 5.10 Å². The highest BCUT2D eigenvalue weighted by Gasteiger charge is 2.34. The van der Waals surface area contributed by atoms with E-state index in [2.05, 4.69) is 15.5 Å². The lowest BCUT2D eigenvalue weighted by Crippen LogP contribution is -2.56. The zero-order valence-electron chi connectivity index (χ0n) is 12.0. The van der Waals surface area contributed by atoms with E-state index in [-0.39, 0.29) is 18.4 Å². The van der Waals surface area contributed by atoms with Crippen LogP contribution in [0, 0.1) is 13.8 Å². The van der Waals surface area contributed by atoms with Crippen molar-refractivity contribution in [3.05, 3.63) is 17.0 Å². The van der Waals surface area contributed by atoms with E-state index in [0.717, 1.165) is 0 Å². The topological polar surface area (TPSA) is 87.3 Å². The maximum Gasteiger partial charge on any atom is 0.258 e. The molecule has 1 aliphatic rings. The third-order valence-electron chi connectivity index (χ3n) is 3.38. The van der Waals surface area contributed by atoms with Crippen LogP contribution in [0.4, 0.5) is 0 Å². The second-order valence-corrected chi connectivity index (χ2v) is 4.79. The molecular formula is C13H20N4O3. The summed E-state index contributed by atoms with van der Waals surface area (Å²) < 4.78 is 5.33. The molecule has 0 bridgehead atoms. The molecule has 20 heavy (non-hydrogen) atoms. The molecule has 1 aromatic rings. The van der Waals surface area contributed by atoms with Crippen molar-refractivity contribution in [2.24, 2.45) is 0 Å². The van der Waals surface area contributed by atoms with Gasteiger partial charge in [0.15, 0.2) is 0 Å². The fourth-order valence-electron chi connectivity index (χ4n) is 2.37. The minimum absolute atomic E-state index is 0.173. The molecule has 1 aromatic heterocycles. The number of rotatable bonds is 3. The normalized spacial score (nSPS) is 18.9. The number of amides is 2. The second-order valence-electron chi connectivity index (χ2n) is 4.79. The number of H-pyrrole nitrogens is 1. The standard InChI is InChI=1S/C13H20N4O3/c1-4-14-12(18)10-7-20-6-5-17(10)13(19)11-8(2)15-16-9(11)3/h10H,4-7H2,1-3H3,(H,14,18)(H,15,16). The van der Waals surface area contributed by atoms with Crippen LogP contribution in [0.3, 0.4) is 0 Å². The van der Waals surface area contributed by atoms with Crippen LogP contribution < -0.4 is 5.32 Å². The van der Waals surface area contributed by atoms with Gasteiger partial charge in [0.2, 0.25) is 5.91 Å². The Bertz CT molecular complexity index is 492. The van der Waals surface area contributed by atoms with E-state index in [9.17, 15) is 9.59 Å². The Kier molecular flexibility index (Phi) is 4.39. The fourth-order valence-corrected chi connectivity index (χ4v) is 2.37. The molecular weight excluding hydrogens is 260 g/mol. The molecule has 0 aromatic carbocycles. The van der Waals surface area contributed by atoms with Gasteiger partial charge in [0.25, 0.3) is 5.91 Å². The van der Waals surface area contributed by atoms with Crippen LogP contribution in [0.1, 0.15) is 28.7 Å². The van der Waals surface area contributed by atoms with Crippen LogP contribution in [-0.2, 0) is 9.53 Å². The van der Waals surface area contributed by atoms with Crippen molar-refractivity contribution in [2.45, 2.75) is 26.8 Å². The summed E-state index contributed by atoms with van der Waals surface area (Å²) in [6.07, 6.45) is 0. The molecule has 0 spiro atoms. The molecule has 7 nitrogen and oxygen atoms in total. The highest BCUT2D eigenvalue weighted by atomic mass is 16.5. The zero-order chi connectivity index (χ0) is 14.7. The highest BCUT2D eigenvalue weighted by molar-refractivity contribution is 5.99. The van der Waals surface area contributed by atoms with E-state index in [0.29, 0.717) is 36.6 Å². The van der Waals surface area contributed by atoms with Crippen molar-refractivity contribution < 1.29 is 14.3 Å². The van der Waals surface area contributed by atoms with Gasteiger partial charge in [-0.1, -0.05) is 0 Å². The summed E-state index contributed by atoms with van der Waals surface area (Å²) in [5, 5.41) is 9.57. The van der Waals surface area contributed by atoms with E-state index >= 15 is 0 Å². The lowest BCUT2D eigenvalue weighted by Gasteiger charge is -2.34. The number of hydrogen-bond acceptors (Lipinski definition) is 4. The lowest BCUT2D eigenvalue weighted by atomic mass is 10.1. The van der Waals surface area contributed by atoms with Gasteiger partial charge in [-0.3, -0.25) is 14.7 Å². The van der Waals surface area contributed by atoms with Crippen molar-refractivity contribution in [1.29, 1.82) is 0 Å². The van der Waals surface area contributed by atoms with E-state index in [1.54, 1.807) is 18.7 Å².